The highest BCUT2D eigenvalue weighted by molar-refractivity contribution is 7.22. The molecule has 0 spiro atoms. The fourth-order valence-electron chi connectivity index (χ4n) is 2.08. The van der Waals surface area contributed by atoms with E-state index in [0.29, 0.717) is 33.2 Å². The van der Waals surface area contributed by atoms with E-state index in [1.165, 1.54) is 23.5 Å². The third-order valence-electron chi connectivity index (χ3n) is 3.18. The Morgan fingerprint density at radius 3 is 2.91 bits per heavy atom. The summed E-state index contributed by atoms with van der Waals surface area (Å²) in [7, 11) is 0. The lowest BCUT2D eigenvalue weighted by atomic mass is 10.1. The molecule has 1 N–H and O–H groups in total. The fourth-order valence-corrected chi connectivity index (χ4v) is 3.22. The molecule has 2 aromatic carbocycles. The Morgan fingerprint density at radius 2 is 2.09 bits per heavy atom. The van der Waals surface area contributed by atoms with E-state index in [-0.39, 0.29) is 11.7 Å². The van der Waals surface area contributed by atoms with Gasteiger partial charge >= 0.3 is 0 Å². The predicted octanol–water partition coefficient (Wildman–Crippen LogP) is 4.66. The molecule has 0 bridgehead atoms. The van der Waals surface area contributed by atoms with E-state index >= 15 is 0 Å². The first kappa shape index (κ1) is 14.9. The number of carbonyl (C=O) groups excluding carboxylic acids is 1. The summed E-state index contributed by atoms with van der Waals surface area (Å²) in [6.07, 6.45) is 0.874. The number of aromatic nitrogens is 1. The minimum absolute atomic E-state index is 0.139. The molecular weight excluding hydrogens is 323 g/mol. The fraction of sp³-hybridized carbons (Fsp3) is 0.125. The number of carbonyl (C=O) groups is 1. The Morgan fingerprint density at radius 1 is 1.27 bits per heavy atom. The van der Waals surface area contributed by atoms with Crippen LogP contribution < -0.4 is 5.32 Å². The number of halogens is 2. The minimum Gasteiger partial charge on any atom is -0.302 e. The maximum Gasteiger partial charge on any atom is 0.226 e. The van der Waals surface area contributed by atoms with Gasteiger partial charge in [0.1, 0.15) is 5.82 Å². The topological polar surface area (TPSA) is 42.0 Å². The van der Waals surface area contributed by atoms with Gasteiger partial charge in [-0.25, -0.2) is 9.37 Å². The van der Waals surface area contributed by atoms with Crippen molar-refractivity contribution in [1.29, 1.82) is 0 Å². The van der Waals surface area contributed by atoms with E-state index in [4.69, 9.17) is 11.6 Å². The molecule has 112 valence electrons. The second-order valence-electron chi connectivity index (χ2n) is 4.77. The van der Waals surface area contributed by atoms with Crippen molar-refractivity contribution < 1.29 is 9.18 Å². The average Bonchev–Trinajstić information content (AvgIpc) is 2.87. The Labute approximate surface area is 135 Å². The van der Waals surface area contributed by atoms with Gasteiger partial charge in [-0.15, -0.1) is 0 Å². The molecule has 1 amide bonds. The van der Waals surface area contributed by atoms with Gasteiger partial charge in [0, 0.05) is 11.4 Å². The monoisotopic (exact) mass is 334 g/mol. The summed E-state index contributed by atoms with van der Waals surface area (Å²) in [6.45, 7) is 0. The second-order valence-corrected chi connectivity index (χ2v) is 6.21. The number of nitrogens with zero attached hydrogens (tertiary/aromatic N) is 1. The molecule has 3 nitrogen and oxygen atoms in total. The molecule has 3 rings (SSSR count). The Kier molecular flexibility index (Phi) is 4.36. The standard InChI is InChI=1S/C16H12ClFN2OS/c17-12-4-2-1-3-10(12)5-8-15(21)20-16-19-13-7-6-11(18)9-14(13)22-16/h1-4,6-7,9H,5,8H2,(H,19,20,21). The number of benzene rings is 2. The van der Waals surface area contributed by atoms with E-state index in [9.17, 15) is 9.18 Å². The zero-order valence-corrected chi connectivity index (χ0v) is 13.0. The maximum absolute atomic E-state index is 13.1. The molecule has 0 atom stereocenters. The number of anilines is 1. The van der Waals surface area contributed by atoms with Crippen molar-refractivity contribution in [3.05, 3.63) is 58.9 Å². The summed E-state index contributed by atoms with van der Waals surface area (Å²) >= 11 is 7.31. The molecule has 0 aliphatic carbocycles. The minimum atomic E-state index is -0.312. The van der Waals surface area contributed by atoms with Crippen LogP contribution in [0.3, 0.4) is 0 Å². The number of rotatable bonds is 4. The van der Waals surface area contributed by atoms with Crippen molar-refractivity contribution in [1.82, 2.24) is 4.98 Å². The molecule has 0 radical (unpaired) electrons. The summed E-state index contributed by atoms with van der Waals surface area (Å²) in [4.78, 5) is 16.2. The van der Waals surface area contributed by atoms with Crippen LogP contribution in [0.15, 0.2) is 42.5 Å². The summed E-state index contributed by atoms with van der Waals surface area (Å²) < 4.78 is 13.8. The maximum atomic E-state index is 13.1. The van der Waals surface area contributed by atoms with E-state index in [1.54, 1.807) is 12.1 Å². The summed E-state index contributed by atoms with van der Waals surface area (Å²) in [5, 5.41) is 3.88. The Hall–Kier alpha value is -1.98. The van der Waals surface area contributed by atoms with Crippen molar-refractivity contribution in [3.63, 3.8) is 0 Å². The molecule has 22 heavy (non-hydrogen) atoms. The molecular formula is C16H12ClFN2OS. The zero-order chi connectivity index (χ0) is 15.5. The molecule has 0 unspecified atom stereocenters. The van der Waals surface area contributed by atoms with Gasteiger partial charge in [-0.3, -0.25) is 4.79 Å². The van der Waals surface area contributed by atoms with Crippen molar-refractivity contribution in [2.75, 3.05) is 5.32 Å². The van der Waals surface area contributed by atoms with E-state index in [2.05, 4.69) is 10.3 Å². The lowest BCUT2D eigenvalue weighted by Crippen LogP contribution is -2.12. The van der Waals surface area contributed by atoms with Gasteiger partial charge in [0.2, 0.25) is 5.91 Å². The molecule has 6 heteroatoms. The quantitative estimate of drug-likeness (QED) is 0.754. The highest BCUT2D eigenvalue weighted by atomic mass is 35.5. The number of nitrogens with one attached hydrogen (secondary N) is 1. The van der Waals surface area contributed by atoms with Crippen LogP contribution in [-0.2, 0) is 11.2 Å². The van der Waals surface area contributed by atoms with Crippen molar-refractivity contribution >= 4 is 44.2 Å². The number of hydrogen-bond donors (Lipinski definition) is 1. The first-order valence-electron chi connectivity index (χ1n) is 6.71. The van der Waals surface area contributed by atoms with Crippen molar-refractivity contribution in [3.8, 4) is 0 Å². The second kappa shape index (κ2) is 6.42. The van der Waals surface area contributed by atoms with E-state index < -0.39 is 0 Å². The molecule has 0 saturated heterocycles. The third-order valence-corrected chi connectivity index (χ3v) is 4.48. The summed E-state index contributed by atoms with van der Waals surface area (Å²) in [5.41, 5.74) is 1.61. The highest BCUT2D eigenvalue weighted by Crippen LogP contribution is 2.26. The van der Waals surface area contributed by atoms with Crippen LogP contribution in [-0.4, -0.2) is 10.9 Å². The van der Waals surface area contributed by atoms with Crippen molar-refractivity contribution in [2.24, 2.45) is 0 Å². The van der Waals surface area contributed by atoms with E-state index in [0.717, 1.165) is 5.56 Å². The van der Waals surface area contributed by atoms with Crippen LogP contribution in [0.1, 0.15) is 12.0 Å². The van der Waals surface area contributed by atoms with Crippen LogP contribution in [0.25, 0.3) is 10.2 Å². The molecule has 0 saturated carbocycles. The normalized spacial score (nSPS) is 10.8. The first-order valence-corrected chi connectivity index (χ1v) is 7.90. The average molecular weight is 335 g/mol. The number of amides is 1. The Bertz CT molecular complexity index is 834. The van der Waals surface area contributed by atoms with Gasteiger partial charge in [0.05, 0.1) is 10.2 Å². The number of fused-ring (bicyclic) bond motifs is 1. The predicted molar refractivity (Wildman–Crippen MR) is 88.0 cm³/mol. The Balaban J connectivity index is 1.64. The third kappa shape index (κ3) is 3.43. The molecule has 1 aromatic heterocycles. The number of aryl methyl sites for hydroxylation is 1. The lowest BCUT2D eigenvalue weighted by molar-refractivity contribution is -0.116. The van der Waals surface area contributed by atoms with Crippen LogP contribution in [0.5, 0.6) is 0 Å². The zero-order valence-electron chi connectivity index (χ0n) is 11.5. The molecule has 0 aliphatic heterocycles. The van der Waals surface area contributed by atoms with Crippen LogP contribution in [0.2, 0.25) is 5.02 Å². The smallest absolute Gasteiger partial charge is 0.226 e. The van der Waals surface area contributed by atoms with Gasteiger partial charge in [-0.1, -0.05) is 41.1 Å². The van der Waals surface area contributed by atoms with Gasteiger partial charge in [-0.2, -0.15) is 0 Å². The summed E-state index contributed by atoms with van der Waals surface area (Å²) in [6, 6.07) is 11.8. The van der Waals surface area contributed by atoms with E-state index in [1.807, 2.05) is 18.2 Å². The first-order chi connectivity index (χ1) is 10.6. The number of thiazole rings is 1. The van der Waals surface area contributed by atoms with Crippen LogP contribution in [0, 0.1) is 5.82 Å². The van der Waals surface area contributed by atoms with Gasteiger partial charge in [0.15, 0.2) is 5.13 Å². The molecule has 0 aliphatic rings. The van der Waals surface area contributed by atoms with Gasteiger partial charge < -0.3 is 5.32 Å². The molecule has 1 heterocycles. The van der Waals surface area contributed by atoms with Crippen molar-refractivity contribution in [2.45, 2.75) is 12.8 Å². The molecule has 0 fully saturated rings. The number of hydrogen-bond acceptors (Lipinski definition) is 3. The highest BCUT2D eigenvalue weighted by Gasteiger charge is 2.09. The summed E-state index contributed by atoms with van der Waals surface area (Å²) in [5.74, 6) is -0.452. The largest absolute Gasteiger partial charge is 0.302 e. The van der Waals surface area contributed by atoms with Gasteiger partial charge in [0.25, 0.3) is 0 Å². The van der Waals surface area contributed by atoms with Crippen LogP contribution >= 0.6 is 22.9 Å². The van der Waals surface area contributed by atoms with Crippen LogP contribution in [0.4, 0.5) is 9.52 Å². The molecule has 3 aromatic rings. The van der Waals surface area contributed by atoms with Gasteiger partial charge in [-0.05, 0) is 36.2 Å². The lowest BCUT2D eigenvalue weighted by Gasteiger charge is -2.03. The SMILES string of the molecule is O=C(CCc1ccccc1Cl)Nc1nc2ccc(F)cc2s1.